The molecule has 204 valence electrons. The van der Waals surface area contributed by atoms with Crippen LogP contribution in [0.2, 0.25) is 0 Å². The molecule has 0 saturated carbocycles. The number of rotatable bonds is 22. The topological polar surface area (TPSA) is 198 Å². The van der Waals surface area contributed by atoms with Crippen molar-refractivity contribution >= 4 is 29.7 Å². The fraction of sp³-hybridized carbons (Fsp3) is 0.750. The number of carbonyl (C=O) groups excluding carboxylic acids is 2. The van der Waals surface area contributed by atoms with E-state index in [1.165, 1.54) is 28.9 Å². The minimum absolute atomic E-state index is 0. The van der Waals surface area contributed by atoms with Gasteiger partial charge < -0.3 is 36.9 Å². The molecule has 0 aromatic heterocycles. The molecule has 0 aliphatic heterocycles. The first-order valence-electron chi connectivity index (χ1n) is 10.9. The maximum Gasteiger partial charge on any atom is 1.00 e. The van der Waals surface area contributed by atoms with Crippen LogP contribution >= 0.6 is 0 Å². The molecular weight excluding hydrogens is 493 g/mol. The van der Waals surface area contributed by atoms with Crippen molar-refractivity contribution in [2.45, 2.75) is 0 Å². The van der Waals surface area contributed by atoms with E-state index in [1.54, 1.807) is 0 Å². The fourth-order valence-electron chi connectivity index (χ4n) is 2.94. The van der Waals surface area contributed by atoms with E-state index in [0.29, 0.717) is 13.2 Å². The summed E-state index contributed by atoms with van der Waals surface area (Å²) in [6, 6.07) is 0. The van der Waals surface area contributed by atoms with Gasteiger partial charge in [-0.05, 0) is 0 Å². The Labute approximate surface area is 233 Å². The Morgan fingerprint density at radius 3 is 1.22 bits per heavy atom. The molecule has 0 unspecified atom stereocenters. The third kappa shape index (κ3) is 21.4. The summed E-state index contributed by atoms with van der Waals surface area (Å²) in [6.45, 7) is -0.159. The van der Waals surface area contributed by atoms with E-state index < -0.39 is 42.8 Å². The predicted molar refractivity (Wildman–Crippen MR) is 123 cm³/mol. The Kier molecular flexibility index (Phi) is 22.5. The number of carboxylic acid groups (broad SMARTS) is 3. The number of ether oxygens (including phenoxy) is 2. The summed E-state index contributed by atoms with van der Waals surface area (Å²) in [4.78, 5) is 61.9. The fourth-order valence-corrected chi connectivity index (χ4v) is 2.94. The van der Waals surface area contributed by atoms with Crippen LogP contribution in [0, 0.1) is 0 Å². The van der Waals surface area contributed by atoms with Crippen molar-refractivity contribution < 1.29 is 79.7 Å². The number of hydrogen-bond donors (Lipinski definition) is 5. The van der Waals surface area contributed by atoms with Crippen molar-refractivity contribution in [3.05, 3.63) is 0 Å². The molecule has 0 aliphatic carbocycles. The van der Waals surface area contributed by atoms with Gasteiger partial charge in [0.1, 0.15) is 0 Å². The van der Waals surface area contributed by atoms with E-state index in [2.05, 4.69) is 10.6 Å². The van der Waals surface area contributed by atoms with Crippen molar-refractivity contribution in [2.75, 3.05) is 99.4 Å². The normalized spacial score (nSPS) is 10.8. The molecule has 0 radical (unpaired) electrons. The van der Waals surface area contributed by atoms with Gasteiger partial charge in [-0.25, -0.2) is 0 Å². The first-order valence-corrected chi connectivity index (χ1v) is 10.9. The van der Waals surface area contributed by atoms with Gasteiger partial charge in [0.05, 0.1) is 45.9 Å². The Morgan fingerprint density at radius 2 is 0.917 bits per heavy atom. The molecule has 5 N–H and O–H groups in total. The van der Waals surface area contributed by atoms with Gasteiger partial charge in [-0.3, -0.25) is 38.7 Å². The second-order valence-electron chi connectivity index (χ2n) is 7.56. The molecule has 0 atom stereocenters. The number of aliphatic carboxylic acids is 3. The summed E-state index contributed by atoms with van der Waals surface area (Å²) in [6.07, 6.45) is 0. The van der Waals surface area contributed by atoms with E-state index in [9.17, 15) is 29.1 Å². The summed E-state index contributed by atoms with van der Waals surface area (Å²) < 4.78 is 9.68. The van der Waals surface area contributed by atoms with E-state index in [4.69, 9.17) is 19.7 Å². The van der Waals surface area contributed by atoms with E-state index in [-0.39, 0.29) is 89.9 Å². The molecule has 15 nitrogen and oxygen atoms in total. The summed E-state index contributed by atoms with van der Waals surface area (Å²) >= 11 is 0. The predicted octanol–water partition coefficient (Wildman–Crippen LogP) is -6.21. The summed E-state index contributed by atoms with van der Waals surface area (Å²) in [7, 11) is 2.96. The van der Waals surface area contributed by atoms with Gasteiger partial charge in [0, 0.05) is 53.5 Å². The molecule has 0 rings (SSSR count). The first-order chi connectivity index (χ1) is 16.6. The Bertz CT molecular complexity index is 644. The zero-order valence-corrected chi connectivity index (χ0v) is 23.2. The molecule has 36 heavy (non-hydrogen) atoms. The van der Waals surface area contributed by atoms with Crippen LogP contribution in [0.4, 0.5) is 0 Å². The maximum absolute atomic E-state index is 12.0. The van der Waals surface area contributed by atoms with Crippen LogP contribution in [0.3, 0.4) is 0 Å². The van der Waals surface area contributed by atoms with Crippen LogP contribution < -0.4 is 40.2 Å². The number of carboxylic acids is 3. The smallest absolute Gasteiger partial charge is 1.00 e. The van der Waals surface area contributed by atoms with Gasteiger partial charge >= 0.3 is 47.5 Å². The van der Waals surface area contributed by atoms with Crippen LogP contribution in [0.25, 0.3) is 0 Å². The van der Waals surface area contributed by atoms with Crippen molar-refractivity contribution in [2.24, 2.45) is 0 Å². The quantitative estimate of drug-likeness (QED) is 0.0654. The van der Waals surface area contributed by atoms with Crippen LogP contribution in [0.15, 0.2) is 0 Å². The number of methoxy groups -OCH3 is 2. The molecular formula is C20H38N5NaO10. The molecule has 0 spiro atoms. The SMILES string of the molecule is COCCNC(=O)CN(CCN(CCN(CC(=O)O)CC(=O)NCCOC)CC(=O)O)CC(=O)O.[H-].[Na+]. The van der Waals surface area contributed by atoms with Crippen LogP contribution in [-0.2, 0) is 33.4 Å². The van der Waals surface area contributed by atoms with E-state index in [1.807, 2.05) is 0 Å². The van der Waals surface area contributed by atoms with E-state index in [0.717, 1.165) is 0 Å². The van der Waals surface area contributed by atoms with Crippen molar-refractivity contribution in [3.8, 4) is 0 Å². The molecule has 0 aliphatic rings. The van der Waals surface area contributed by atoms with Crippen molar-refractivity contribution in [1.29, 1.82) is 0 Å². The third-order valence-electron chi connectivity index (χ3n) is 4.53. The second kappa shape index (κ2) is 22.4. The Morgan fingerprint density at radius 1 is 0.611 bits per heavy atom. The van der Waals surface area contributed by atoms with Gasteiger partial charge in [0.25, 0.3) is 0 Å². The third-order valence-corrected chi connectivity index (χ3v) is 4.53. The largest absolute Gasteiger partial charge is 1.00 e. The molecule has 0 heterocycles. The molecule has 2 amide bonds. The first kappa shape index (κ1) is 36.3. The standard InChI is InChI=1S/C20H37N5O10.Na.H/c1-34-9-3-21-16(26)11-24(14-19(30)31)7-5-23(13-18(28)29)6-8-25(15-20(32)33)12-17(27)22-4-10-35-2;;/h3-15H2,1-2H3,(H,21,26)(H,22,27)(H,28,29)(H,30,31)(H,32,33);;/q;+1;-1. The zero-order chi connectivity index (χ0) is 26.6. The van der Waals surface area contributed by atoms with Crippen LogP contribution in [-0.4, -0.2) is 159 Å². The van der Waals surface area contributed by atoms with Gasteiger partial charge in [-0.2, -0.15) is 0 Å². The second-order valence-corrected chi connectivity index (χ2v) is 7.56. The number of amides is 2. The molecule has 0 aromatic rings. The maximum atomic E-state index is 12.0. The van der Waals surface area contributed by atoms with Crippen molar-refractivity contribution in [3.63, 3.8) is 0 Å². The average Bonchev–Trinajstić information content (AvgIpc) is 2.74. The molecule has 0 fully saturated rings. The van der Waals surface area contributed by atoms with Gasteiger partial charge in [0.15, 0.2) is 0 Å². The number of carbonyl (C=O) groups is 5. The number of nitrogens with one attached hydrogen (secondary N) is 2. The summed E-state index contributed by atoms with van der Waals surface area (Å²) in [5, 5.41) is 32.7. The van der Waals surface area contributed by atoms with E-state index >= 15 is 0 Å². The summed E-state index contributed by atoms with van der Waals surface area (Å²) in [5.74, 6) is -4.23. The molecule has 0 saturated heterocycles. The van der Waals surface area contributed by atoms with Crippen LogP contribution in [0.1, 0.15) is 1.43 Å². The average molecular weight is 532 g/mol. The summed E-state index contributed by atoms with van der Waals surface area (Å²) in [5.41, 5.74) is 0. The van der Waals surface area contributed by atoms with Crippen molar-refractivity contribution in [1.82, 2.24) is 25.3 Å². The Balaban J connectivity index is -0.00000578. The van der Waals surface area contributed by atoms with Gasteiger partial charge in [0.2, 0.25) is 11.8 Å². The minimum atomic E-state index is -1.15. The number of hydrogen-bond acceptors (Lipinski definition) is 10. The molecule has 0 aromatic carbocycles. The molecule has 16 heteroatoms. The zero-order valence-electron chi connectivity index (χ0n) is 22.2. The molecule has 0 bridgehead atoms. The van der Waals surface area contributed by atoms with Gasteiger partial charge in [-0.1, -0.05) is 0 Å². The number of nitrogens with zero attached hydrogens (tertiary/aromatic N) is 3. The van der Waals surface area contributed by atoms with Gasteiger partial charge in [-0.15, -0.1) is 0 Å². The van der Waals surface area contributed by atoms with Crippen LogP contribution in [0.5, 0.6) is 0 Å². The monoisotopic (exact) mass is 531 g/mol. The Hall–Kier alpha value is -1.85. The minimum Gasteiger partial charge on any atom is -1.00 e.